The Kier molecular flexibility index (Phi) is 6.79. The first kappa shape index (κ1) is 28.5. The van der Waals surface area contributed by atoms with Crippen LogP contribution in [0.4, 0.5) is 32.2 Å². The van der Waals surface area contributed by atoms with Crippen LogP contribution in [0.15, 0.2) is 24.5 Å². The summed E-state index contributed by atoms with van der Waals surface area (Å²) < 4.78 is 84.6. The lowest BCUT2D eigenvalue weighted by molar-refractivity contribution is -0.159. The van der Waals surface area contributed by atoms with Gasteiger partial charge in [0.05, 0.1) is 42.0 Å². The predicted octanol–water partition coefficient (Wildman–Crippen LogP) is 3.55. The van der Waals surface area contributed by atoms with E-state index in [-0.39, 0.29) is 52.8 Å². The molecule has 0 spiro atoms. The Labute approximate surface area is 239 Å². The molecule has 2 amide bonds. The van der Waals surface area contributed by atoms with Crippen LogP contribution in [-0.4, -0.2) is 86.4 Å². The number of aromatic nitrogens is 3. The van der Waals surface area contributed by atoms with Gasteiger partial charge in [-0.3, -0.25) is 14.5 Å². The Morgan fingerprint density at radius 3 is 2.48 bits per heavy atom. The van der Waals surface area contributed by atoms with Gasteiger partial charge in [0.15, 0.2) is 5.82 Å². The summed E-state index contributed by atoms with van der Waals surface area (Å²) in [5.74, 6) is -8.85. The fraction of sp³-hybridized carbons (Fsp3) is 0.462. The summed E-state index contributed by atoms with van der Waals surface area (Å²) >= 11 is 6.19. The molecule has 3 N–H and O–H groups in total. The summed E-state index contributed by atoms with van der Waals surface area (Å²) in [5, 5.41) is 6.33. The van der Waals surface area contributed by atoms with E-state index >= 15 is 4.39 Å². The number of anilines is 1. The van der Waals surface area contributed by atoms with Gasteiger partial charge in [-0.05, 0) is 23.8 Å². The van der Waals surface area contributed by atoms with Crippen LogP contribution < -0.4 is 11.1 Å². The molecule has 2 aromatic heterocycles. The monoisotopic (exact) mass is 615 g/mol. The van der Waals surface area contributed by atoms with Crippen molar-refractivity contribution in [2.45, 2.75) is 43.4 Å². The van der Waals surface area contributed by atoms with Gasteiger partial charge in [0.1, 0.15) is 23.8 Å². The maximum absolute atomic E-state index is 15.3. The summed E-state index contributed by atoms with van der Waals surface area (Å²) in [6, 6.07) is 2.41. The fourth-order valence-electron chi connectivity index (χ4n) is 5.76. The molecule has 2 saturated heterocycles. The number of hydrogen-bond donors (Lipinski definition) is 2. The molecular formula is C26H24ClF6N7O2. The fourth-order valence-corrected chi connectivity index (χ4v) is 5.99. The lowest BCUT2D eigenvalue weighted by Crippen LogP contribution is -2.55. The largest absolute Gasteiger partial charge is 0.382 e. The molecule has 1 aromatic carbocycles. The Balaban J connectivity index is 1.24. The van der Waals surface area contributed by atoms with E-state index in [1.54, 1.807) is 0 Å². The number of nitrogens with two attached hydrogens (primary N) is 1. The first-order valence-corrected chi connectivity index (χ1v) is 13.4. The molecule has 1 aliphatic carbocycles. The standard InChI is InChI=1S/C26H24ClF6N7O2/c27-16-3-17(28)15(20-1-12(6-38-9-26(32,33)10-38)21-22(34)35-11-36-40(20)21)2-14(16)23(41)37-19-8-39(7-18(19)29)24(42)13-4-25(30,31)5-13/h1-3,11,13,18-19H,4-10H2,(H,37,41)(H2,34,35,36)/t18-,19+/m0/s1. The summed E-state index contributed by atoms with van der Waals surface area (Å²) in [7, 11) is 0. The van der Waals surface area contributed by atoms with Crippen molar-refractivity contribution < 1.29 is 35.9 Å². The van der Waals surface area contributed by atoms with Crippen LogP contribution in [-0.2, 0) is 11.3 Å². The van der Waals surface area contributed by atoms with Crippen LogP contribution >= 0.6 is 11.6 Å². The number of nitrogens with zero attached hydrogens (tertiary/aromatic N) is 5. The van der Waals surface area contributed by atoms with Gasteiger partial charge >= 0.3 is 0 Å². The van der Waals surface area contributed by atoms with Gasteiger partial charge in [-0.1, -0.05) is 11.6 Å². The van der Waals surface area contributed by atoms with E-state index in [2.05, 4.69) is 15.4 Å². The van der Waals surface area contributed by atoms with Gasteiger partial charge in [0, 0.05) is 37.4 Å². The molecule has 6 rings (SSSR count). The van der Waals surface area contributed by atoms with Crippen LogP contribution in [0.5, 0.6) is 0 Å². The Morgan fingerprint density at radius 1 is 1.10 bits per heavy atom. The Hall–Kier alpha value is -3.59. The van der Waals surface area contributed by atoms with Crippen molar-refractivity contribution in [1.29, 1.82) is 0 Å². The molecule has 224 valence electrons. The third-order valence-electron chi connectivity index (χ3n) is 7.86. The number of amides is 2. The number of nitrogens with one attached hydrogen (secondary N) is 1. The van der Waals surface area contributed by atoms with Gasteiger partial charge < -0.3 is 16.0 Å². The number of halogens is 7. The first-order chi connectivity index (χ1) is 19.7. The second kappa shape index (κ2) is 10.0. The number of likely N-dealkylation sites (tertiary alicyclic amines) is 2. The highest BCUT2D eigenvalue weighted by Crippen LogP contribution is 2.43. The average Bonchev–Trinajstić information content (AvgIpc) is 3.42. The van der Waals surface area contributed by atoms with Crippen molar-refractivity contribution in [2.75, 3.05) is 31.9 Å². The van der Waals surface area contributed by atoms with Crippen molar-refractivity contribution >= 4 is 34.7 Å². The minimum absolute atomic E-state index is 0.0332. The summed E-state index contributed by atoms with van der Waals surface area (Å²) in [6.07, 6.45) is -1.72. The maximum Gasteiger partial charge on any atom is 0.272 e. The van der Waals surface area contributed by atoms with Crippen molar-refractivity contribution in [1.82, 2.24) is 29.7 Å². The van der Waals surface area contributed by atoms with Gasteiger partial charge in [-0.25, -0.2) is 35.8 Å². The van der Waals surface area contributed by atoms with E-state index in [1.165, 1.54) is 15.5 Å². The highest BCUT2D eigenvalue weighted by Gasteiger charge is 2.51. The second-order valence-corrected chi connectivity index (χ2v) is 11.5. The van der Waals surface area contributed by atoms with E-state index in [4.69, 9.17) is 17.3 Å². The lowest BCUT2D eigenvalue weighted by atomic mass is 9.80. The van der Waals surface area contributed by atoms with E-state index in [9.17, 15) is 31.5 Å². The van der Waals surface area contributed by atoms with Crippen molar-refractivity contribution in [3.8, 4) is 11.3 Å². The molecule has 3 aliphatic rings. The van der Waals surface area contributed by atoms with Crippen molar-refractivity contribution in [3.05, 3.63) is 46.5 Å². The minimum atomic E-state index is -2.91. The number of hydrogen-bond acceptors (Lipinski definition) is 6. The SMILES string of the molecule is Nc1ncnn2c(-c3cc(C(=O)N[C@@H]4CN(C(=O)C5CC(F)(F)C5)C[C@@H]4F)c(Cl)cc3F)cc(CN3CC(F)(F)C3)c12. The van der Waals surface area contributed by atoms with E-state index in [0.29, 0.717) is 5.56 Å². The van der Waals surface area contributed by atoms with E-state index in [1.807, 2.05) is 0 Å². The number of fused-ring (bicyclic) bond motifs is 1. The molecule has 3 aromatic rings. The number of carbonyl (C=O) groups excluding carboxylic acids is 2. The van der Waals surface area contributed by atoms with E-state index < -0.39 is 73.5 Å². The van der Waals surface area contributed by atoms with Crippen LogP contribution in [0.1, 0.15) is 28.8 Å². The molecule has 0 bridgehead atoms. The molecule has 2 atom stereocenters. The summed E-state index contributed by atoms with van der Waals surface area (Å²) in [6.45, 7) is -1.44. The molecule has 9 nitrogen and oxygen atoms in total. The zero-order chi connectivity index (χ0) is 30.1. The van der Waals surface area contributed by atoms with Crippen molar-refractivity contribution in [2.24, 2.45) is 5.92 Å². The van der Waals surface area contributed by atoms with Crippen LogP contribution in [0, 0.1) is 11.7 Å². The van der Waals surface area contributed by atoms with Crippen LogP contribution in [0.2, 0.25) is 5.02 Å². The highest BCUT2D eigenvalue weighted by molar-refractivity contribution is 6.34. The maximum atomic E-state index is 15.3. The first-order valence-electron chi connectivity index (χ1n) is 13.0. The lowest BCUT2D eigenvalue weighted by Gasteiger charge is -2.38. The molecule has 0 radical (unpaired) electrons. The van der Waals surface area contributed by atoms with E-state index in [0.717, 1.165) is 23.4 Å². The number of benzene rings is 1. The zero-order valence-electron chi connectivity index (χ0n) is 21.8. The average molecular weight is 616 g/mol. The molecular weight excluding hydrogens is 592 g/mol. The summed E-state index contributed by atoms with van der Waals surface area (Å²) in [4.78, 5) is 32.2. The molecule has 42 heavy (non-hydrogen) atoms. The minimum Gasteiger partial charge on any atom is -0.382 e. The molecule has 1 saturated carbocycles. The topological polar surface area (TPSA) is 109 Å². The predicted molar refractivity (Wildman–Crippen MR) is 138 cm³/mol. The van der Waals surface area contributed by atoms with Crippen LogP contribution in [0.3, 0.4) is 0 Å². The quantitative estimate of drug-likeness (QED) is 0.411. The Morgan fingerprint density at radius 2 is 1.81 bits per heavy atom. The zero-order valence-corrected chi connectivity index (χ0v) is 22.5. The van der Waals surface area contributed by atoms with Gasteiger partial charge in [0.25, 0.3) is 11.8 Å². The third-order valence-corrected chi connectivity index (χ3v) is 8.17. The van der Waals surface area contributed by atoms with Crippen molar-refractivity contribution in [3.63, 3.8) is 0 Å². The molecule has 3 fully saturated rings. The molecule has 0 unspecified atom stereocenters. The smallest absolute Gasteiger partial charge is 0.272 e. The van der Waals surface area contributed by atoms with Gasteiger partial charge in [-0.15, -0.1) is 0 Å². The second-order valence-electron chi connectivity index (χ2n) is 11.1. The normalized spacial score (nSPS) is 23.5. The Bertz CT molecular complexity index is 1580. The number of carbonyl (C=O) groups is 2. The highest BCUT2D eigenvalue weighted by atomic mass is 35.5. The summed E-state index contributed by atoms with van der Waals surface area (Å²) in [5.41, 5.74) is 6.59. The van der Waals surface area contributed by atoms with Gasteiger partial charge in [0.2, 0.25) is 11.8 Å². The molecule has 16 heteroatoms. The number of nitrogen functional groups attached to an aromatic ring is 1. The number of alkyl halides is 5. The van der Waals surface area contributed by atoms with Gasteiger partial charge in [-0.2, -0.15) is 5.10 Å². The molecule has 2 aliphatic heterocycles. The molecule has 4 heterocycles. The number of rotatable bonds is 6. The van der Waals surface area contributed by atoms with Crippen LogP contribution in [0.25, 0.3) is 16.8 Å². The third kappa shape index (κ3) is 5.12.